The van der Waals surface area contributed by atoms with Gasteiger partial charge in [0.25, 0.3) is 0 Å². The lowest BCUT2D eigenvalue weighted by Crippen LogP contribution is -2.24. The van der Waals surface area contributed by atoms with Gasteiger partial charge >= 0.3 is 0 Å². The number of pyridine rings is 1. The zero-order valence-corrected chi connectivity index (χ0v) is 12.4. The van der Waals surface area contributed by atoms with Crippen LogP contribution in [-0.4, -0.2) is 21.3 Å². The zero-order chi connectivity index (χ0) is 14.2. The smallest absolute Gasteiger partial charge is 0.0553 e. The van der Waals surface area contributed by atoms with E-state index in [1.54, 1.807) is 0 Å². The Morgan fingerprint density at radius 3 is 2.80 bits per heavy atom. The van der Waals surface area contributed by atoms with Gasteiger partial charge in [0.1, 0.15) is 0 Å². The largest absolute Gasteiger partial charge is 0.309 e. The number of nitrogens with zero attached hydrogens (tertiary/aromatic N) is 3. The SMILES string of the molecule is CCCn1nccc1C(CCc1ccccn1)NCC. The Hall–Kier alpha value is -1.68. The molecule has 1 atom stereocenters. The Kier molecular flexibility index (Phi) is 5.74. The van der Waals surface area contributed by atoms with Crippen molar-refractivity contribution in [1.82, 2.24) is 20.1 Å². The molecule has 2 aromatic rings. The fourth-order valence-corrected chi connectivity index (χ4v) is 2.48. The first-order valence-electron chi connectivity index (χ1n) is 7.50. The van der Waals surface area contributed by atoms with Crippen molar-refractivity contribution in [2.45, 2.75) is 45.7 Å². The van der Waals surface area contributed by atoms with E-state index < -0.39 is 0 Å². The molecule has 2 rings (SSSR count). The van der Waals surface area contributed by atoms with Crippen LogP contribution >= 0.6 is 0 Å². The Morgan fingerprint density at radius 2 is 2.10 bits per heavy atom. The van der Waals surface area contributed by atoms with Gasteiger partial charge in [-0.15, -0.1) is 0 Å². The summed E-state index contributed by atoms with van der Waals surface area (Å²) < 4.78 is 2.12. The van der Waals surface area contributed by atoms with Crippen molar-refractivity contribution in [3.8, 4) is 0 Å². The molecule has 2 heterocycles. The molecule has 0 aliphatic carbocycles. The first kappa shape index (κ1) is 14.7. The second kappa shape index (κ2) is 7.80. The van der Waals surface area contributed by atoms with Crippen molar-refractivity contribution in [3.05, 3.63) is 48.0 Å². The Bertz CT molecular complexity index is 492. The fraction of sp³-hybridized carbons (Fsp3) is 0.500. The summed E-state index contributed by atoms with van der Waals surface area (Å²) in [5.41, 5.74) is 2.43. The lowest BCUT2D eigenvalue weighted by atomic mass is 10.1. The molecule has 0 amide bonds. The predicted molar refractivity (Wildman–Crippen MR) is 81.5 cm³/mol. The predicted octanol–water partition coefficient (Wildman–Crippen LogP) is 2.97. The normalized spacial score (nSPS) is 12.5. The second-order valence-electron chi connectivity index (χ2n) is 4.95. The monoisotopic (exact) mass is 272 g/mol. The number of aryl methyl sites for hydroxylation is 2. The summed E-state index contributed by atoms with van der Waals surface area (Å²) in [5, 5.41) is 7.99. The Balaban J connectivity index is 2.04. The quantitative estimate of drug-likeness (QED) is 0.803. The van der Waals surface area contributed by atoms with E-state index in [2.05, 4.69) is 46.1 Å². The third-order valence-electron chi connectivity index (χ3n) is 3.41. The van der Waals surface area contributed by atoms with E-state index in [0.717, 1.165) is 38.0 Å². The summed E-state index contributed by atoms with van der Waals surface area (Å²) in [7, 11) is 0. The molecule has 0 spiro atoms. The molecule has 108 valence electrons. The van der Waals surface area contributed by atoms with Crippen molar-refractivity contribution in [2.24, 2.45) is 0 Å². The van der Waals surface area contributed by atoms with E-state index in [1.807, 2.05) is 24.5 Å². The van der Waals surface area contributed by atoms with Gasteiger partial charge in [-0.05, 0) is 44.0 Å². The molecular formula is C16H24N4. The first-order chi connectivity index (χ1) is 9.85. The highest BCUT2D eigenvalue weighted by molar-refractivity contribution is 5.09. The highest BCUT2D eigenvalue weighted by Gasteiger charge is 2.15. The molecule has 0 radical (unpaired) electrons. The maximum Gasteiger partial charge on any atom is 0.0553 e. The highest BCUT2D eigenvalue weighted by Crippen LogP contribution is 2.19. The van der Waals surface area contributed by atoms with Crippen LogP contribution in [0.5, 0.6) is 0 Å². The summed E-state index contributed by atoms with van der Waals surface area (Å²) in [6.45, 7) is 6.27. The van der Waals surface area contributed by atoms with Gasteiger partial charge < -0.3 is 5.32 Å². The van der Waals surface area contributed by atoms with Crippen LogP contribution in [0.25, 0.3) is 0 Å². The number of hydrogen-bond acceptors (Lipinski definition) is 3. The molecule has 4 heteroatoms. The van der Waals surface area contributed by atoms with E-state index >= 15 is 0 Å². The van der Waals surface area contributed by atoms with Crippen LogP contribution in [0.1, 0.15) is 44.1 Å². The average Bonchev–Trinajstić information content (AvgIpc) is 2.93. The van der Waals surface area contributed by atoms with E-state index in [9.17, 15) is 0 Å². The minimum atomic E-state index is 0.344. The average molecular weight is 272 g/mol. The van der Waals surface area contributed by atoms with Crippen LogP contribution in [0, 0.1) is 0 Å². The van der Waals surface area contributed by atoms with E-state index in [-0.39, 0.29) is 0 Å². The first-order valence-corrected chi connectivity index (χ1v) is 7.50. The third kappa shape index (κ3) is 3.90. The maximum atomic E-state index is 4.43. The molecule has 0 fully saturated rings. The number of aromatic nitrogens is 3. The summed E-state index contributed by atoms with van der Waals surface area (Å²) >= 11 is 0. The van der Waals surface area contributed by atoms with Crippen molar-refractivity contribution < 1.29 is 0 Å². The lowest BCUT2D eigenvalue weighted by Gasteiger charge is -2.19. The van der Waals surface area contributed by atoms with Gasteiger partial charge in [0.15, 0.2) is 0 Å². The topological polar surface area (TPSA) is 42.7 Å². The third-order valence-corrected chi connectivity index (χ3v) is 3.41. The van der Waals surface area contributed by atoms with Crippen LogP contribution in [0.2, 0.25) is 0 Å². The van der Waals surface area contributed by atoms with Crippen molar-refractivity contribution in [2.75, 3.05) is 6.54 Å². The lowest BCUT2D eigenvalue weighted by molar-refractivity contribution is 0.456. The van der Waals surface area contributed by atoms with Crippen LogP contribution in [-0.2, 0) is 13.0 Å². The van der Waals surface area contributed by atoms with Crippen molar-refractivity contribution in [1.29, 1.82) is 0 Å². The molecule has 2 aromatic heterocycles. The Labute approximate surface area is 121 Å². The molecule has 4 nitrogen and oxygen atoms in total. The second-order valence-corrected chi connectivity index (χ2v) is 4.95. The molecule has 0 saturated heterocycles. The standard InChI is InChI=1S/C16H24N4/c1-3-13-20-16(10-12-19-20)15(17-4-2)9-8-14-7-5-6-11-18-14/h5-7,10-12,15,17H,3-4,8-9,13H2,1-2H3. The fourth-order valence-electron chi connectivity index (χ4n) is 2.48. The van der Waals surface area contributed by atoms with Crippen molar-refractivity contribution >= 4 is 0 Å². The van der Waals surface area contributed by atoms with E-state index in [4.69, 9.17) is 0 Å². The molecule has 0 aliphatic heterocycles. The van der Waals surface area contributed by atoms with E-state index in [0.29, 0.717) is 6.04 Å². The van der Waals surface area contributed by atoms with Gasteiger partial charge in [0, 0.05) is 30.7 Å². The molecule has 0 aromatic carbocycles. The van der Waals surface area contributed by atoms with Crippen LogP contribution < -0.4 is 5.32 Å². The minimum absolute atomic E-state index is 0.344. The summed E-state index contributed by atoms with van der Waals surface area (Å²) in [6.07, 6.45) is 6.89. The summed E-state index contributed by atoms with van der Waals surface area (Å²) in [5.74, 6) is 0. The maximum absolute atomic E-state index is 4.43. The summed E-state index contributed by atoms with van der Waals surface area (Å²) in [4.78, 5) is 4.40. The molecule has 1 unspecified atom stereocenters. The van der Waals surface area contributed by atoms with Crippen LogP contribution in [0.4, 0.5) is 0 Å². The zero-order valence-electron chi connectivity index (χ0n) is 12.4. The van der Waals surface area contributed by atoms with Gasteiger partial charge in [-0.2, -0.15) is 5.10 Å². The van der Waals surface area contributed by atoms with Crippen LogP contribution in [0.15, 0.2) is 36.7 Å². The molecular weight excluding hydrogens is 248 g/mol. The molecule has 20 heavy (non-hydrogen) atoms. The van der Waals surface area contributed by atoms with Crippen LogP contribution in [0.3, 0.4) is 0 Å². The molecule has 0 aliphatic rings. The molecule has 1 N–H and O–H groups in total. The van der Waals surface area contributed by atoms with Gasteiger partial charge in [0.05, 0.1) is 5.69 Å². The summed E-state index contributed by atoms with van der Waals surface area (Å²) in [6, 6.07) is 8.57. The highest BCUT2D eigenvalue weighted by atomic mass is 15.3. The van der Waals surface area contributed by atoms with Gasteiger partial charge in [0.2, 0.25) is 0 Å². The van der Waals surface area contributed by atoms with E-state index in [1.165, 1.54) is 5.69 Å². The molecule has 0 bridgehead atoms. The minimum Gasteiger partial charge on any atom is -0.309 e. The number of hydrogen-bond donors (Lipinski definition) is 1. The number of rotatable bonds is 8. The van der Waals surface area contributed by atoms with Crippen molar-refractivity contribution in [3.63, 3.8) is 0 Å². The van der Waals surface area contributed by atoms with Gasteiger partial charge in [-0.3, -0.25) is 9.67 Å². The molecule has 0 saturated carbocycles. The number of nitrogens with one attached hydrogen (secondary N) is 1. The van der Waals surface area contributed by atoms with Gasteiger partial charge in [-0.1, -0.05) is 19.9 Å². The van der Waals surface area contributed by atoms with Gasteiger partial charge in [-0.25, -0.2) is 0 Å². The Morgan fingerprint density at radius 1 is 1.20 bits per heavy atom.